The van der Waals surface area contributed by atoms with Gasteiger partial charge in [0.05, 0.1) is 25.2 Å². The van der Waals surface area contributed by atoms with E-state index in [4.69, 9.17) is 19.0 Å². The van der Waals surface area contributed by atoms with Crippen molar-refractivity contribution in [1.82, 2.24) is 25.0 Å². The van der Waals surface area contributed by atoms with Crippen LogP contribution in [0, 0.1) is 5.92 Å². The molecule has 1 aliphatic heterocycles. The third kappa shape index (κ3) is 4.27. The van der Waals surface area contributed by atoms with Crippen LogP contribution < -0.4 is 9.47 Å². The van der Waals surface area contributed by atoms with Crippen molar-refractivity contribution < 1.29 is 18.8 Å². The van der Waals surface area contributed by atoms with E-state index in [1.807, 2.05) is 17.0 Å². The lowest BCUT2D eigenvalue weighted by atomic mass is 9.74. The molecular formula is C24H27N5O4. The van der Waals surface area contributed by atoms with Gasteiger partial charge in [-0.05, 0) is 43.4 Å². The van der Waals surface area contributed by atoms with Crippen LogP contribution in [0.5, 0.6) is 11.8 Å². The number of likely N-dealkylation sites (tertiary alicyclic amines) is 1. The van der Waals surface area contributed by atoms with Gasteiger partial charge in [0.25, 0.3) is 11.8 Å². The van der Waals surface area contributed by atoms with E-state index in [0.717, 1.165) is 24.8 Å². The molecule has 0 radical (unpaired) electrons. The summed E-state index contributed by atoms with van der Waals surface area (Å²) in [6.45, 7) is 1.19. The Labute approximate surface area is 192 Å². The third-order valence-corrected chi connectivity index (χ3v) is 6.52. The van der Waals surface area contributed by atoms with E-state index in [9.17, 15) is 4.79 Å². The molecule has 1 saturated heterocycles. The molecule has 1 unspecified atom stereocenters. The highest BCUT2D eigenvalue weighted by Gasteiger charge is 2.46. The number of carbonyl (C=O) groups is 1. The van der Waals surface area contributed by atoms with Gasteiger partial charge in [-0.2, -0.15) is 9.97 Å². The first-order valence-corrected chi connectivity index (χ1v) is 11.2. The maximum absolute atomic E-state index is 13.5. The van der Waals surface area contributed by atoms with Crippen molar-refractivity contribution in [3.63, 3.8) is 0 Å². The van der Waals surface area contributed by atoms with Gasteiger partial charge in [0.1, 0.15) is 5.56 Å². The predicted molar refractivity (Wildman–Crippen MR) is 119 cm³/mol. The maximum Gasteiger partial charge on any atom is 0.259 e. The topological polar surface area (TPSA) is 103 Å². The average Bonchev–Trinajstić information content (AvgIpc) is 3.53. The van der Waals surface area contributed by atoms with Gasteiger partial charge in [-0.15, -0.1) is 0 Å². The number of hydrogen-bond acceptors (Lipinski definition) is 8. The molecule has 4 heterocycles. The van der Waals surface area contributed by atoms with Crippen LogP contribution in [0.15, 0.2) is 41.2 Å². The molecule has 1 saturated carbocycles. The summed E-state index contributed by atoms with van der Waals surface area (Å²) in [5, 5.41) is 4.39. The van der Waals surface area contributed by atoms with Crippen LogP contribution in [0.25, 0.3) is 11.5 Å². The van der Waals surface area contributed by atoms with Crippen molar-refractivity contribution >= 4 is 5.91 Å². The first kappa shape index (κ1) is 21.4. The fraction of sp³-hybridized carbons (Fsp3) is 0.458. The van der Waals surface area contributed by atoms with Crippen LogP contribution in [0.2, 0.25) is 0 Å². The second kappa shape index (κ2) is 8.80. The highest BCUT2D eigenvalue weighted by Crippen LogP contribution is 2.46. The lowest BCUT2D eigenvalue weighted by Gasteiger charge is -2.41. The van der Waals surface area contributed by atoms with E-state index >= 15 is 0 Å². The predicted octanol–water partition coefficient (Wildman–Crippen LogP) is 3.52. The van der Waals surface area contributed by atoms with Crippen molar-refractivity contribution in [2.45, 2.75) is 37.5 Å². The molecule has 9 heteroatoms. The zero-order valence-corrected chi connectivity index (χ0v) is 18.9. The second-order valence-electron chi connectivity index (χ2n) is 8.83. The van der Waals surface area contributed by atoms with Gasteiger partial charge in [0.15, 0.2) is 5.82 Å². The number of methoxy groups -OCH3 is 2. The van der Waals surface area contributed by atoms with Crippen LogP contribution in [-0.4, -0.2) is 58.2 Å². The molecule has 5 rings (SSSR count). The summed E-state index contributed by atoms with van der Waals surface area (Å²) >= 11 is 0. The van der Waals surface area contributed by atoms with Crippen molar-refractivity contribution in [1.29, 1.82) is 0 Å². The summed E-state index contributed by atoms with van der Waals surface area (Å²) in [5.74, 6) is 2.31. The minimum absolute atomic E-state index is 0.113. The molecule has 0 N–H and O–H groups in total. The lowest BCUT2D eigenvalue weighted by Crippen LogP contribution is -2.49. The Morgan fingerprint density at radius 2 is 2.09 bits per heavy atom. The molecule has 0 spiro atoms. The zero-order chi connectivity index (χ0) is 22.8. The molecule has 2 aliphatic rings. The number of rotatable bonds is 7. The van der Waals surface area contributed by atoms with E-state index in [-0.39, 0.29) is 17.2 Å². The number of carbonyl (C=O) groups excluding carboxylic acids is 1. The Kier molecular flexibility index (Phi) is 5.70. The Balaban J connectivity index is 1.45. The molecular weight excluding hydrogens is 422 g/mol. The molecule has 0 bridgehead atoms. The van der Waals surface area contributed by atoms with E-state index in [0.29, 0.717) is 42.2 Å². The van der Waals surface area contributed by atoms with Crippen molar-refractivity contribution in [3.05, 3.63) is 48.0 Å². The Morgan fingerprint density at radius 3 is 2.82 bits per heavy atom. The van der Waals surface area contributed by atoms with Gasteiger partial charge in [0.2, 0.25) is 11.8 Å². The van der Waals surface area contributed by atoms with Crippen LogP contribution in [0.1, 0.15) is 48.3 Å². The summed E-state index contributed by atoms with van der Waals surface area (Å²) in [6, 6.07) is 7.13. The van der Waals surface area contributed by atoms with Gasteiger partial charge in [-0.1, -0.05) is 18.0 Å². The molecule has 1 amide bonds. The number of piperidine rings is 1. The van der Waals surface area contributed by atoms with Crippen LogP contribution in [0.3, 0.4) is 0 Å². The van der Waals surface area contributed by atoms with Crippen molar-refractivity contribution in [3.8, 4) is 23.2 Å². The fourth-order valence-corrected chi connectivity index (χ4v) is 4.69. The third-order valence-electron chi connectivity index (χ3n) is 6.52. The molecule has 3 aromatic heterocycles. The van der Waals surface area contributed by atoms with E-state index in [1.54, 1.807) is 24.5 Å². The number of amides is 1. The van der Waals surface area contributed by atoms with Crippen LogP contribution >= 0.6 is 0 Å². The quantitative estimate of drug-likeness (QED) is 0.540. The summed E-state index contributed by atoms with van der Waals surface area (Å²) < 4.78 is 16.2. The summed E-state index contributed by atoms with van der Waals surface area (Å²) in [5.41, 5.74) is 0.868. The van der Waals surface area contributed by atoms with E-state index < -0.39 is 0 Å². The first-order chi connectivity index (χ1) is 16.1. The van der Waals surface area contributed by atoms with Gasteiger partial charge in [0, 0.05) is 31.5 Å². The normalized spacial score (nSPS) is 20.5. The Morgan fingerprint density at radius 1 is 1.21 bits per heavy atom. The van der Waals surface area contributed by atoms with Gasteiger partial charge >= 0.3 is 0 Å². The number of nitrogens with zero attached hydrogens (tertiary/aromatic N) is 5. The average molecular weight is 450 g/mol. The van der Waals surface area contributed by atoms with Crippen LogP contribution in [0.4, 0.5) is 0 Å². The molecule has 3 aromatic rings. The van der Waals surface area contributed by atoms with Gasteiger partial charge in [-0.25, -0.2) is 0 Å². The molecule has 1 atom stereocenters. The first-order valence-electron chi connectivity index (χ1n) is 11.2. The highest BCUT2D eigenvalue weighted by molar-refractivity contribution is 5.96. The highest BCUT2D eigenvalue weighted by atomic mass is 16.5. The molecule has 1 aliphatic carbocycles. The molecule has 2 fully saturated rings. The van der Waals surface area contributed by atoms with Crippen molar-refractivity contribution in [2.24, 2.45) is 5.92 Å². The zero-order valence-electron chi connectivity index (χ0n) is 18.9. The monoisotopic (exact) mass is 449 g/mol. The molecule has 0 aromatic carbocycles. The lowest BCUT2D eigenvalue weighted by molar-refractivity contribution is 0.0603. The van der Waals surface area contributed by atoms with Crippen molar-refractivity contribution in [2.75, 3.05) is 27.3 Å². The fourth-order valence-electron chi connectivity index (χ4n) is 4.69. The molecule has 33 heavy (non-hydrogen) atoms. The second-order valence-corrected chi connectivity index (χ2v) is 8.83. The Bertz CT molecular complexity index is 1130. The maximum atomic E-state index is 13.5. The summed E-state index contributed by atoms with van der Waals surface area (Å²) in [6.07, 6.45) is 8.56. The smallest absolute Gasteiger partial charge is 0.259 e. The summed E-state index contributed by atoms with van der Waals surface area (Å²) in [4.78, 5) is 28.6. The minimum Gasteiger partial charge on any atom is -0.481 e. The number of hydrogen-bond donors (Lipinski definition) is 0. The number of pyridine rings is 2. The van der Waals surface area contributed by atoms with Crippen LogP contribution in [-0.2, 0) is 5.41 Å². The largest absolute Gasteiger partial charge is 0.481 e. The SMILES string of the molecule is COc1ccc(C(=O)N2CCCC(CC3CC3)(c3noc(-c4cccnc4)n3)C2)c(OC)n1. The van der Waals surface area contributed by atoms with Gasteiger partial charge in [-0.3, -0.25) is 9.78 Å². The minimum atomic E-state index is -0.341. The Hall–Kier alpha value is -3.49. The number of ether oxygens (including phenoxy) is 2. The summed E-state index contributed by atoms with van der Waals surface area (Å²) in [7, 11) is 3.04. The van der Waals surface area contributed by atoms with E-state index in [2.05, 4.69) is 15.1 Å². The van der Waals surface area contributed by atoms with Gasteiger partial charge < -0.3 is 18.9 Å². The molecule has 172 valence electrons. The standard InChI is InChI=1S/C24H27N5O4/c1-31-19-9-8-18(21(26-19)32-2)22(30)29-12-4-10-24(15-29,13-16-6-7-16)23-27-20(33-28-23)17-5-3-11-25-14-17/h3,5,8-9,11,14,16H,4,6-7,10,12-13,15H2,1-2H3. The van der Waals surface area contributed by atoms with E-state index in [1.165, 1.54) is 27.1 Å². The molecule has 9 nitrogen and oxygen atoms in total. The number of aromatic nitrogens is 4.